The molecule has 18 heavy (non-hydrogen) atoms. The van der Waals surface area contributed by atoms with Gasteiger partial charge in [0.15, 0.2) is 5.82 Å². The van der Waals surface area contributed by atoms with Crippen LogP contribution in [0.3, 0.4) is 0 Å². The molecule has 3 rings (SSSR count). The molecular formula is C14H24N4. The Morgan fingerprint density at radius 1 is 1.28 bits per heavy atom. The summed E-state index contributed by atoms with van der Waals surface area (Å²) in [6, 6.07) is 0.328. The maximum Gasteiger partial charge on any atom is 0.150 e. The third-order valence-electron chi connectivity index (χ3n) is 4.36. The minimum absolute atomic E-state index is 0.193. The Bertz CT molecular complexity index is 425. The molecule has 0 aromatic carbocycles. The highest BCUT2D eigenvalue weighted by Crippen LogP contribution is 2.35. The van der Waals surface area contributed by atoms with E-state index in [-0.39, 0.29) is 5.41 Å². The zero-order chi connectivity index (χ0) is 12.8. The standard InChI is InChI=1S/C14H24N4/c1-14(2,3)12-13-17-16-11(9-10-5-4-6-10)18(13)8-7-15-12/h10,12,15H,4-9H2,1-3H3. The van der Waals surface area contributed by atoms with Gasteiger partial charge in [-0.15, -0.1) is 10.2 Å². The highest BCUT2D eigenvalue weighted by molar-refractivity contribution is 5.08. The van der Waals surface area contributed by atoms with E-state index in [1.54, 1.807) is 0 Å². The molecule has 100 valence electrons. The normalized spacial score (nSPS) is 24.7. The Labute approximate surface area is 109 Å². The fraction of sp³-hybridized carbons (Fsp3) is 0.857. The van der Waals surface area contributed by atoms with Crippen LogP contribution < -0.4 is 5.32 Å². The third-order valence-corrected chi connectivity index (χ3v) is 4.36. The minimum Gasteiger partial charge on any atom is -0.312 e. The largest absolute Gasteiger partial charge is 0.312 e. The van der Waals surface area contributed by atoms with E-state index in [4.69, 9.17) is 0 Å². The Balaban J connectivity index is 1.85. The van der Waals surface area contributed by atoms with Crippen molar-refractivity contribution in [1.82, 2.24) is 20.1 Å². The van der Waals surface area contributed by atoms with E-state index in [0.29, 0.717) is 6.04 Å². The summed E-state index contributed by atoms with van der Waals surface area (Å²) in [4.78, 5) is 0. The van der Waals surface area contributed by atoms with Crippen molar-refractivity contribution in [3.05, 3.63) is 11.6 Å². The Kier molecular flexibility index (Phi) is 2.93. The summed E-state index contributed by atoms with van der Waals surface area (Å²) in [6.07, 6.45) is 5.29. The van der Waals surface area contributed by atoms with Crippen LogP contribution >= 0.6 is 0 Å². The second kappa shape index (κ2) is 4.34. The van der Waals surface area contributed by atoms with Gasteiger partial charge in [-0.2, -0.15) is 0 Å². The van der Waals surface area contributed by atoms with Crippen LogP contribution in [0.1, 0.15) is 57.7 Å². The van der Waals surface area contributed by atoms with E-state index in [1.165, 1.54) is 25.1 Å². The zero-order valence-corrected chi connectivity index (χ0v) is 11.7. The first-order valence-corrected chi connectivity index (χ1v) is 7.21. The van der Waals surface area contributed by atoms with Gasteiger partial charge < -0.3 is 9.88 Å². The van der Waals surface area contributed by atoms with Crippen molar-refractivity contribution in [2.75, 3.05) is 6.54 Å². The number of nitrogens with one attached hydrogen (secondary N) is 1. The second-order valence-electron chi connectivity index (χ2n) is 6.88. The first kappa shape index (κ1) is 12.2. The number of rotatable bonds is 2. The molecule has 1 aliphatic carbocycles. The monoisotopic (exact) mass is 248 g/mol. The molecule has 0 saturated heterocycles. The number of fused-ring (bicyclic) bond motifs is 1. The summed E-state index contributed by atoms with van der Waals surface area (Å²) in [7, 11) is 0. The maximum atomic E-state index is 4.47. The van der Waals surface area contributed by atoms with E-state index < -0.39 is 0 Å². The molecule has 1 fully saturated rings. The van der Waals surface area contributed by atoms with Crippen LogP contribution in [0.15, 0.2) is 0 Å². The maximum absolute atomic E-state index is 4.47. The molecule has 1 unspecified atom stereocenters. The highest BCUT2D eigenvalue weighted by Gasteiger charge is 2.34. The van der Waals surface area contributed by atoms with E-state index in [1.807, 2.05) is 0 Å². The summed E-state index contributed by atoms with van der Waals surface area (Å²) >= 11 is 0. The van der Waals surface area contributed by atoms with Crippen molar-refractivity contribution >= 4 is 0 Å². The molecule has 0 amide bonds. The molecular weight excluding hydrogens is 224 g/mol. The molecule has 1 aliphatic heterocycles. The fourth-order valence-corrected chi connectivity index (χ4v) is 3.02. The van der Waals surface area contributed by atoms with Crippen LogP contribution in [-0.2, 0) is 13.0 Å². The highest BCUT2D eigenvalue weighted by atomic mass is 15.3. The van der Waals surface area contributed by atoms with E-state index in [9.17, 15) is 0 Å². The van der Waals surface area contributed by atoms with Crippen molar-refractivity contribution in [2.45, 2.75) is 59.0 Å². The van der Waals surface area contributed by atoms with Crippen molar-refractivity contribution in [2.24, 2.45) is 11.3 Å². The summed E-state index contributed by atoms with van der Waals surface area (Å²) in [5.41, 5.74) is 0.193. The van der Waals surface area contributed by atoms with Crippen molar-refractivity contribution in [1.29, 1.82) is 0 Å². The average Bonchev–Trinajstić information content (AvgIpc) is 2.65. The minimum atomic E-state index is 0.193. The molecule has 1 N–H and O–H groups in total. The van der Waals surface area contributed by atoms with Crippen LogP contribution in [0, 0.1) is 11.3 Å². The molecule has 1 aromatic rings. The lowest BCUT2D eigenvalue weighted by atomic mass is 9.82. The quantitative estimate of drug-likeness (QED) is 0.873. The van der Waals surface area contributed by atoms with Crippen LogP contribution in [0.2, 0.25) is 0 Å². The van der Waals surface area contributed by atoms with Gasteiger partial charge in [0.05, 0.1) is 6.04 Å². The lowest BCUT2D eigenvalue weighted by Gasteiger charge is -2.35. The topological polar surface area (TPSA) is 42.7 Å². The van der Waals surface area contributed by atoms with Crippen molar-refractivity contribution in [3.63, 3.8) is 0 Å². The molecule has 4 nitrogen and oxygen atoms in total. The molecule has 1 aromatic heterocycles. The zero-order valence-electron chi connectivity index (χ0n) is 11.7. The average molecular weight is 248 g/mol. The predicted octanol–water partition coefficient (Wildman–Crippen LogP) is 2.31. The van der Waals surface area contributed by atoms with E-state index in [2.05, 4.69) is 40.9 Å². The van der Waals surface area contributed by atoms with Gasteiger partial charge in [0.1, 0.15) is 5.82 Å². The first-order chi connectivity index (χ1) is 8.55. The fourth-order valence-electron chi connectivity index (χ4n) is 3.02. The Morgan fingerprint density at radius 2 is 2.06 bits per heavy atom. The summed E-state index contributed by atoms with van der Waals surface area (Å²) in [5, 5.41) is 12.5. The van der Waals surface area contributed by atoms with Crippen molar-refractivity contribution < 1.29 is 0 Å². The van der Waals surface area contributed by atoms with Crippen LogP contribution in [0.25, 0.3) is 0 Å². The molecule has 0 bridgehead atoms. The Morgan fingerprint density at radius 3 is 2.67 bits per heavy atom. The van der Waals surface area contributed by atoms with E-state index >= 15 is 0 Å². The molecule has 2 heterocycles. The number of aromatic nitrogens is 3. The second-order valence-corrected chi connectivity index (χ2v) is 6.88. The Hall–Kier alpha value is -0.900. The van der Waals surface area contributed by atoms with Gasteiger partial charge in [-0.25, -0.2) is 0 Å². The predicted molar refractivity (Wildman–Crippen MR) is 71.3 cm³/mol. The van der Waals surface area contributed by atoms with Gasteiger partial charge in [-0.05, 0) is 11.3 Å². The number of hydrogen-bond acceptors (Lipinski definition) is 3. The molecule has 0 spiro atoms. The van der Waals surface area contributed by atoms with Crippen LogP contribution in [0.5, 0.6) is 0 Å². The summed E-state index contributed by atoms with van der Waals surface area (Å²) in [5.74, 6) is 3.22. The smallest absolute Gasteiger partial charge is 0.150 e. The third kappa shape index (κ3) is 2.07. The number of hydrogen-bond donors (Lipinski definition) is 1. The first-order valence-electron chi connectivity index (χ1n) is 7.21. The van der Waals surface area contributed by atoms with Gasteiger partial charge in [-0.1, -0.05) is 40.0 Å². The SMILES string of the molecule is CC(C)(C)C1NCCn2c(CC3CCC3)nnc21. The van der Waals surface area contributed by atoms with Gasteiger partial charge in [0, 0.05) is 19.5 Å². The molecule has 4 heteroatoms. The van der Waals surface area contributed by atoms with Gasteiger partial charge in [-0.3, -0.25) is 0 Å². The van der Waals surface area contributed by atoms with Gasteiger partial charge >= 0.3 is 0 Å². The molecule has 2 aliphatic rings. The lowest BCUT2D eigenvalue weighted by molar-refractivity contribution is 0.230. The van der Waals surface area contributed by atoms with Gasteiger partial charge in [0.25, 0.3) is 0 Å². The van der Waals surface area contributed by atoms with Crippen LogP contribution in [0.4, 0.5) is 0 Å². The molecule has 1 saturated carbocycles. The van der Waals surface area contributed by atoms with Crippen LogP contribution in [-0.4, -0.2) is 21.3 Å². The van der Waals surface area contributed by atoms with Crippen molar-refractivity contribution in [3.8, 4) is 0 Å². The number of nitrogens with zero attached hydrogens (tertiary/aromatic N) is 3. The van der Waals surface area contributed by atoms with Gasteiger partial charge in [0.2, 0.25) is 0 Å². The summed E-state index contributed by atoms with van der Waals surface area (Å²) in [6.45, 7) is 8.85. The molecule has 1 atom stereocenters. The summed E-state index contributed by atoms with van der Waals surface area (Å²) < 4.78 is 2.37. The van der Waals surface area contributed by atoms with E-state index in [0.717, 1.165) is 31.3 Å². The molecule has 0 radical (unpaired) electrons. The lowest BCUT2D eigenvalue weighted by Crippen LogP contribution is -2.41.